The van der Waals surface area contributed by atoms with Gasteiger partial charge in [0, 0.05) is 11.6 Å². The van der Waals surface area contributed by atoms with Crippen LogP contribution in [0.5, 0.6) is 0 Å². The van der Waals surface area contributed by atoms with Gasteiger partial charge in [0.15, 0.2) is 5.58 Å². The Balaban J connectivity index is 2.21. The van der Waals surface area contributed by atoms with Crippen molar-refractivity contribution in [2.45, 2.75) is 0 Å². The second-order valence-corrected chi connectivity index (χ2v) is 3.74. The highest BCUT2D eigenvalue weighted by Gasteiger charge is 2.14. The zero-order chi connectivity index (χ0) is 11.8. The molecular formula is C13H9NO3. The van der Waals surface area contributed by atoms with Crippen molar-refractivity contribution < 1.29 is 14.3 Å². The van der Waals surface area contributed by atoms with Crippen molar-refractivity contribution >= 4 is 17.1 Å². The van der Waals surface area contributed by atoms with Crippen LogP contribution in [0.25, 0.3) is 22.2 Å². The molecule has 4 heteroatoms. The van der Waals surface area contributed by atoms with Crippen LogP contribution in [0.1, 0.15) is 10.5 Å². The average molecular weight is 227 g/mol. The van der Waals surface area contributed by atoms with Crippen LogP contribution < -0.4 is 0 Å². The third-order valence-electron chi connectivity index (χ3n) is 2.67. The molecule has 0 bridgehead atoms. The maximum atomic E-state index is 10.8. The highest BCUT2D eigenvalue weighted by Crippen LogP contribution is 2.30. The van der Waals surface area contributed by atoms with E-state index in [1.54, 1.807) is 6.26 Å². The van der Waals surface area contributed by atoms with E-state index < -0.39 is 5.97 Å². The number of hydrogen-bond acceptors (Lipinski definition) is 2. The van der Waals surface area contributed by atoms with E-state index in [1.807, 2.05) is 30.3 Å². The number of hydrogen-bond donors (Lipinski definition) is 2. The van der Waals surface area contributed by atoms with Crippen LogP contribution in [0.15, 0.2) is 47.1 Å². The lowest BCUT2D eigenvalue weighted by Gasteiger charge is -1.95. The standard InChI is InChI=1S/C13H9NO3/c15-13(16)10-6-11-12(14-10)9(7-17-11)8-4-2-1-3-5-8/h1-7,14H,(H,15,16). The van der Waals surface area contributed by atoms with E-state index in [9.17, 15) is 4.79 Å². The second-order valence-electron chi connectivity index (χ2n) is 3.74. The van der Waals surface area contributed by atoms with Gasteiger partial charge in [-0.15, -0.1) is 0 Å². The number of rotatable bonds is 2. The fraction of sp³-hybridized carbons (Fsp3) is 0. The smallest absolute Gasteiger partial charge is 0.352 e. The number of furan rings is 1. The fourth-order valence-corrected chi connectivity index (χ4v) is 1.86. The monoisotopic (exact) mass is 227 g/mol. The molecule has 0 unspecified atom stereocenters. The number of carboxylic acid groups (broad SMARTS) is 1. The normalized spacial score (nSPS) is 10.8. The molecule has 84 valence electrons. The number of carbonyl (C=O) groups is 1. The lowest BCUT2D eigenvalue weighted by Crippen LogP contribution is -1.95. The molecule has 1 aromatic carbocycles. The van der Waals surface area contributed by atoms with Gasteiger partial charge in [-0.05, 0) is 5.56 Å². The van der Waals surface area contributed by atoms with Gasteiger partial charge < -0.3 is 14.5 Å². The van der Waals surface area contributed by atoms with Gasteiger partial charge in [0.1, 0.15) is 12.0 Å². The van der Waals surface area contributed by atoms with E-state index in [2.05, 4.69) is 4.98 Å². The van der Waals surface area contributed by atoms with Gasteiger partial charge in [-0.3, -0.25) is 0 Å². The van der Waals surface area contributed by atoms with E-state index in [0.717, 1.165) is 11.1 Å². The lowest BCUT2D eigenvalue weighted by atomic mass is 10.1. The fourth-order valence-electron chi connectivity index (χ4n) is 1.86. The van der Waals surface area contributed by atoms with Crippen molar-refractivity contribution in [1.82, 2.24) is 4.98 Å². The number of H-pyrrole nitrogens is 1. The minimum absolute atomic E-state index is 0.136. The van der Waals surface area contributed by atoms with Crippen molar-refractivity contribution in [3.05, 3.63) is 48.4 Å². The minimum atomic E-state index is -0.990. The summed E-state index contributed by atoms with van der Waals surface area (Å²) in [7, 11) is 0. The topological polar surface area (TPSA) is 66.2 Å². The number of aromatic nitrogens is 1. The number of aromatic carboxylic acids is 1. The second kappa shape index (κ2) is 3.52. The van der Waals surface area contributed by atoms with Crippen LogP contribution in [-0.4, -0.2) is 16.1 Å². The van der Waals surface area contributed by atoms with Crippen LogP contribution in [0, 0.1) is 0 Å². The molecule has 0 aliphatic heterocycles. The molecule has 0 radical (unpaired) electrons. The molecule has 0 fully saturated rings. The Hall–Kier alpha value is -2.49. The molecule has 4 nitrogen and oxygen atoms in total. The van der Waals surface area contributed by atoms with Crippen LogP contribution in [-0.2, 0) is 0 Å². The van der Waals surface area contributed by atoms with Gasteiger partial charge in [-0.2, -0.15) is 0 Å². The summed E-state index contributed by atoms with van der Waals surface area (Å²) in [4.78, 5) is 13.7. The summed E-state index contributed by atoms with van der Waals surface area (Å²) in [5.74, 6) is -0.990. The molecule has 0 aliphatic rings. The Bertz CT molecular complexity index is 679. The molecule has 0 amide bonds. The average Bonchev–Trinajstić information content (AvgIpc) is 2.89. The summed E-state index contributed by atoms with van der Waals surface area (Å²) in [6, 6.07) is 11.2. The van der Waals surface area contributed by atoms with Gasteiger partial charge in [0.05, 0.1) is 5.52 Å². The molecule has 0 atom stereocenters. The first kappa shape index (κ1) is 9.72. The van der Waals surface area contributed by atoms with Crippen molar-refractivity contribution in [2.75, 3.05) is 0 Å². The largest absolute Gasteiger partial charge is 0.477 e. The molecule has 2 N–H and O–H groups in total. The van der Waals surface area contributed by atoms with E-state index in [-0.39, 0.29) is 5.69 Å². The van der Waals surface area contributed by atoms with Gasteiger partial charge in [-0.25, -0.2) is 4.79 Å². The van der Waals surface area contributed by atoms with E-state index in [1.165, 1.54) is 6.07 Å². The maximum absolute atomic E-state index is 10.8. The summed E-state index contributed by atoms with van der Waals surface area (Å²) >= 11 is 0. The Labute approximate surface area is 96.5 Å². The third kappa shape index (κ3) is 1.50. The maximum Gasteiger partial charge on any atom is 0.352 e. The first-order chi connectivity index (χ1) is 8.25. The van der Waals surface area contributed by atoms with Crippen molar-refractivity contribution in [3.63, 3.8) is 0 Å². The summed E-state index contributed by atoms with van der Waals surface area (Å²) in [6.07, 6.45) is 1.63. The van der Waals surface area contributed by atoms with Gasteiger partial charge in [0.2, 0.25) is 0 Å². The summed E-state index contributed by atoms with van der Waals surface area (Å²) in [5.41, 5.74) is 3.27. The van der Waals surface area contributed by atoms with Crippen LogP contribution in [0.3, 0.4) is 0 Å². The Morgan fingerprint density at radius 1 is 1.24 bits per heavy atom. The quantitative estimate of drug-likeness (QED) is 0.706. The molecule has 3 rings (SSSR count). The molecule has 0 aliphatic carbocycles. The number of nitrogens with one attached hydrogen (secondary N) is 1. The van der Waals surface area contributed by atoms with E-state index in [0.29, 0.717) is 11.1 Å². The Morgan fingerprint density at radius 2 is 2.00 bits per heavy atom. The minimum Gasteiger partial charge on any atom is -0.477 e. The predicted octanol–water partition coefficient (Wildman–Crippen LogP) is 3.13. The molecule has 2 aromatic heterocycles. The van der Waals surface area contributed by atoms with Crippen molar-refractivity contribution in [3.8, 4) is 11.1 Å². The van der Waals surface area contributed by atoms with Gasteiger partial charge in [-0.1, -0.05) is 30.3 Å². The molecule has 0 spiro atoms. The highest BCUT2D eigenvalue weighted by molar-refractivity contribution is 5.97. The molecular weight excluding hydrogens is 218 g/mol. The predicted molar refractivity (Wildman–Crippen MR) is 63.0 cm³/mol. The highest BCUT2D eigenvalue weighted by atomic mass is 16.4. The molecule has 0 saturated carbocycles. The number of fused-ring (bicyclic) bond motifs is 1. The van der Waals surface area contributed by atoms with Crippen LogP contribution >= 0.6 is 0 Å². The lowest BCUT2D eigenvalue weighted by molar-refractivity contribution is 0.0691. The number of aromatic amines is 1. The Morgan fingerprint density at radius 3 is 2.71 bits per heavy atom. The SMILES string of the molecule is O=C(O)c1cc2occ(-c3ccccc3)c2[nH]1. The first-order valence-corrected chi connectivity index (χ1v) is 5.14. The van der Waals surface area contributed by atoms with Crippen molar-refractivity contribution in [2.24, 2.45) is 0 Å². The number of carboxylic acids is 1. The van der Waals surface area contributed by atoms with Crippen LogP contribution in [0.4, 0.5) is 0 Å². The number of benzene rings is 1. The van der Waals surface area contributed by atoms with Crippen LogP contribution in [0.2, 0.25) is 0 Å². The molecule has 2 heterocycles. The summed E-state index contributed by atoms with van der Waals surface area (Å²) < 4.78 is 5.34. The molecule has 0 saturated heterocycles. The zero-order valence-electron chi connectivity index (χ0n) is 8.81. The van der Waals surface area contributed by atoms with Crippen molar-refractivity contribution in [1.29, 1.82) is 0 Å². The first-order valence-electron chi connectivity index (χ1n) is 5.14. The third-order valence-corrected chi connectivity index (χ3v) is 2.67. The summed E-state index contributed by atoms with van der Waals surface area (Å²) in [6.45, 7) is 0. The van der Waals surface area contributed by atoms with E-state index in [4.69, 9.17) is 9.52 Å². The van der Waals surface area contributed by atoms with E-state index >= 15 is 0 Å². The van der Waals surface area contributed by atoms with Gasteiger partial charge in [0.25, 0.3) is 0 Å². The molecule has 3 aromatic rings. The zero-order valence-corrected chi connectivity index (χ0v) is 8.81. The Kier molecular flexibility index (Phi) is 2.01. The van der Waals surface area contributed by atoms with Gasteiger partial charge >= 0.3 is 5.97 Å². The summed E-state index contributed by atoms with van der Waals surface area (Å²) in [5, 5.41) is 8.89. The molecule has 17 heavy (non-hydrogen) atoms.